The Hall–Kier alpha value is -2.32. The van der Waals surface area contributed by atoms with E-state index in [0.29, 0.717) is 5.75 Å². The van der Waals surface area contributed by atoms with Gasteiger partial charge in [0.15, 0.2) is 0 Å². The molecule has 0 saturated carbocycles. The summed E-state index contributed by atoms with van der Waals surface area (Å²) in [5.74, 6) is -1.88. The van der Waals surface area contributed by atoms with Gasteiger partial charge < -0.3 is 20.1 Å². The third-order valence-corrected chi connectivity index (χ3v) is 6.16. The summed E-state index contributed by atoms with van der Waals surface area (Å²) >= 11 is 0. The molecule has 184 valence electrons. The molecule has 1 fully saturated rings. The van der Waals surface area contributed by atoms with Crippen LogP contribution in [0.5, 0.6) is 5.75 Å². The molecule has 2 N–H and O–H groups in total. The van der Waals surface area contributed by atoms with Gasteiger partial charge in [-0.25, -0.2) is 4.79 Å². The van der Waals surface area contributed by atoms with Crippen molar-refractivity contribution < 1.29 is 24.2 Å². The van der Waals surface area contributed by atoms with Gasteiger partial charge in [-0.15, -0.1) is 0 Å². The van der Waals surface area contributed by atoms with E-state index in [4.69, 9.17) is 9.84 Å². The molecule has 1 aromatic rings. The Morgan fingerprint density at radius 1 is 1.27 bits per heavy atom. The lowest BCUT2D eigenvalue weighted by molar-refractivity contribution is -0.142. The number of rotatable bonds is 9. The van der Waals surface area contributed by atoms with Gasteiger partial charge in [-0.05, 0) is 62.5 Å². The lowest BCUT2D eigenvalue weighted by atomic mass is 9.74. The van der Waals surface area contributed by atoms with E-state index < -0.39 is 23.9 Å². The lowest BCUT2D eigenvalue weighted by Crippen LogP contribution is -2.43. The zero-order valence-electron chi connectivity index (χ0n) is 20.1. The van der Waals surface area contributed by atoms with Crippen molar-refractivity contribution in [3.63, 3.8) is 0 Å². The molecule has 8 heteroatoms. The van der Waals surface area contributed by atoms with E-state index in [2.05, 4.69) is 30.3 Å². The summed E-state index contributed by atoms with van der Waals surface area (Å²) in [6.07, 6.45) is 6.96. The van der Waals surface area contributed by atoms with Crippen LogP contribution in [-0.4, -0.2) is 54.0 Å². The predicted molar refractivity (Wildman–Crippen MR) is 134 cm³/mol. The van der Waals surface area contributed by atoms with Crippen LogP contribution >= 0.6 is 13.5 Å². The number of nitrogens with one attached hydrogen (secondary N) is 1. The fraction of sp³-hybridized carbons (Fsp3) is 0.560. The molecular weight excluding hydrogens is 440 g/mol. The highest BCUT2D eigenvalue weighted by Gasteiger charge is 2.33. The first-order valence-electron chi connectivity index (χ1n) is 11.4. The Kier molecular flexibility index (Phi) is 11.7. The molecule has 1 aliphatic heterocycles. The molecule has 1 aromatic carbocycles. The molecule has 1 saturated heterocycles. The summed E-state index contributed by atoms with van der Waals surface area (Å²) in [4.78, 5) is 37.7. The molecule has 0 spiro atoms. The largest absolute Gasteiger partial charge is 0.480 e. The van der Waals surface area contributed by atoms with Crippen LogP contribution < -0.4 is 10.1 Å². The molecule has 33 heavy (non-hydrogen) atoms. The Bertz CT molecular complexity index is 842. The first-order valence-corrected chi connectivity index (χ1v) is 11.4. The van der Waals surface area contributed by atoms with Crippen molar-refractivity contribution in [2.45, 2.75) is 64.3 Å². The minimum absolute atomic E-state index is 0. The summed E-state index contributed by atoms with van der Waals surface area (Å²) in [6.45, 7) is 7.71. The van der Waals surface area contributed by atoms with Gasteiger partial charge in [-0.3, -0.25) is 9.59 Å². The van der Waals surface area contributed by atoms with Gasteiger partial charge in [0.2, 0.25) is 5.91 Å². The monoisotopic (exact) mass is 478 g/mol. The van der Waals surface area contributed by atoms with Crippen molar-refractivity contribution in [2.75, 3.05) is 20.1 Å². The van der Waals surface area contributed by atoms with E-state index in [9.17, 15) is 14.4 Å². The second kappa shape index (κ2) is 13.4. The van der Waals surface area contributed by atoms with E-state index in [-0.39, 0.29) is 31.2 Å². The number of nitrogens with zero attached hydrogens (tertiary/aromatic N) is 1. The molecule has 0 bridgehead atoms. The number of carbonyl (C=O) groups excluding carboxylic acids is 2. The number of ether oxygens (including phenoxy) is 1. The van der Waals surface area contributed by atoms with E-state index >= 15 is 0 Å². The third kappa shape index (κ3) is 8.51. The quantitative estimate of drug-likeness (QED) is 0.320. The number of carboxylic acid groups (broad SMARTS) is 1. The number of amides is 1. The zero-order chi connectivity index (χ0) is 23.7. The molecule has 0 aromatic heterocycles. The first kappa shape index (κ1) is 28.7. The summed E-state index contributed by atoms with van der Waals surface area (Å²) in [5.41, 5.74) is 1.23. The predicted octanol–water partition coefficient (Wildman–Crippen LogP) is 3.64. The van der Waals surface area contributed by atoms with Gasteiger partial charge in [0.1, 0.15) is 11.8 Å². The van der Waals surface area contributed by atoms with Crippen LogP contribution in [0.4, 0.5) is 0 Å². The first-order chi connectivity index (χ1) is 15.2. The molecule has 2 rings (SSSR count). The van der Waals surface area contributed by atoms with Gasteiger partial charge >= 0.3 is 11.9 Å². The number of likely N-dealkylation sites (N-methyl/N-ethyl adjacent to an activating group) is 1. The van der Waals surface area contributed by atoms with Gasteiger partial charge in [0, 0.05) is 12.0 Å². The summed E-state index contributed by atoms with van der Waals surface area (Å²) in [6, 6.07) is 6.77. The highest BCUT2D eigenvalue weighted by atomic mass is 32.1. The van der Waals surface area contributed by atoms with E-state index in [1.165, 1.54) is 30.6 Å². The number of aliphatic carboxylic acids is 1. The second-order valence-electron chi connectivity index (χ2n) is 9.01. The Morgan fingerprint density at radius 3 is 2.64 bits per heavy atom. The highest BCUT2D eigenvalue weighted by Crippen LogP contribution is 2.37. The summed E-state index contributed by atoms with van der Waals surface area (Å²) in [7, 11) is 2.15. The van der Waals surface area contributed by atoms with Gasteiger partial charge in [-0.1, -0.05) is 45.4 Å². The molecule has 1 unspecified atom stereocenters. The Labute approximate surface area is 204 Å². The number of hydrogen-bond donors (Lipinski definition) is 2. The third-order valence-electron chi connectivity index (χ3n) is 6.16. The highest BCUT2D eigenvalue weighted by molar-refractivity contribution is 7.59. The molecule has 0 radical (unpaired) electrons. The van der Waals surface area contributed by atoms with Crippen LogP contribution in [0.25, 0.3) is 0 Å². The number of likely N-dealkylation sites (tertiary alicyclic amines) is 1. The van der Waals surface area contributed by atoms with Crippen LogP contribution in [-0.2, 0) is 19.8 Å². The van der Waals surface area contributed by atoms with Crippen LogP contribution in [0.15, 0.2) is 36.4 Å². The van der Waals surface area contributed by atoms with Crippen molar-refractivity contribution in [1.29, 1.82) is 0 Å². The van der Waals surface area contributed by atoms with Crippen LogP contribution in [0.3, 0.4) is 0 Å². The molecule has 1 aliphatic rings. The molecule has 0 aliphatic carbocycles. The molecular formula is C25H38N2O5S. The second-order valence-corrected chi connectivity index (χ2v) is 9.01. The Morgan fingerprint density at radius 2 is 2.00 bits per heavy atom. The maximum atomic E-state index is 12.3. The standard InChI is InChI=1S/C25H36N2O5.H2S/c1-5-25(14-6-7-15-27(4)17-25)19-10-8-11-20(16-19)32-22(29)13-9-12-21(28)26-23(18(2)3)24(30)31;/h8-12,16,18,23H,5-7,13-15,17H2,1-4H3,(H,26,28)(H,30,31);1H2/b12-9+;/t23-,25?;/m0./s1. The molecule has 1 amide bonds. The van der Waals surface area contributed by atoms with Crippen LogP contribution in [0, 0.1) is 5.92 Å². The van der Waals surface area contributed by atoms with Crippen molar-refractivity contribution >= 4 is 31.3 Å². The van der Waals surface area contributed by atoms with Crippen LogP contribution in [0.1, 0.15) is 58.4 Å². The lowest BCUT2D eigenvalue weighted by Gasteiger charge is -2.35. The SMILES string of the molecule is CCC1(c2cccc(OC(=O)C/C=C/C(=O)N[C@H](C(=O)O)C(C)C)c2)CCCCN(C)C1.S. The van der Waals surface area contributed by atoms with E-state index in [1.807, 2.05) is 12.1 Å². The van der Waals surface area contributed by atoms with Crippen LogP contribution in [0.2, 0.25) is 0 Å². The van der Waals surface area contributed by atoms with Crippen molar-refractivity contribution in [1.82, 2.24) is 10.2 Å². The maximum absolute atomic E-state index is 12.3. The molecule has 1 heterocycles. The van der Waals surface area contributed by atoms with E-state index in [0.717, 1.165) is 25.9 Å². The summed E-state index contributed by atoms with van der Waals surface area (Å²) < 4.78 is 5.50. The van der Waals surface area contributed by atoms with Gasteiger partial charge in [0.05, 0.1) is 6.42 Å². The average molecular weight is 479 g/mol. The average Bonchev–Trinajstić information content (AvgIpc) is 2.93. The zero-order valence-corrected chi connectivity index (χ0v) is 21.1. The van der Waals surface area contributed by atoms with Crippen molar-refractivity contribution in [3.8, 4) is 5.75 Å². The van der Waals surface area contributed by atoms with Crippen molar-refractivity contribution in [2.24, 2.45) is 5.92 Å². The Balaban J connectivity index is 0.00000544. The minimum Gasteiger partial charge on any atom is -0.480 e. The number of benzene rings is 1. The molecule has 7 nitrogen and oxygen atoms in total. The topological polar surface area (TPSA) is 95.9 Å². The number of esters is 1. The van der Waals surface area contributed by atoms with E-state index in [1.54, 1.807) is 19.9 Å². The number of hydrogen-bond acceptors (Lipinski definition) is 5. The van der Waals surface area contributed by atoms with Gasteiger partial charge in [-0.2, -0.15) is 13.5 Å². The molecule has 2 atom stereocenters. The normalized spacial score (nSPS) is 20.0. The fourth-order valence-corrected chi connectivity index (χ4v) is 4.29. The maximum Gasteiger partial charge on any atom is 0.326 e. The minimum atomic E-state index is -1.09. The number of carbonyl (C=O) groups is 3. The van der Waals surface area contributed by atoms with Crippen molar-refractivity contribution in [3.05, 3.63) is 42.0 Å². The van der Waals surface area contributed by atoms with Gasteiger partial charge in [0.25, 0.3) is 0 Å². The summed E-state index contributed by atoms with van der Waals surface area (Å²) in [5, 5.41) is 11.6. The number of carboxylic acids is 1. The fourth-order valence-electron chi connectivity index (χ4n) is 4.29. The smallest absolute Gasteiger partial charge is 0.326 e.